The fraction of sp³-hybridized carbons (Fsp3) is 0.455. The number of carbonyl (C=O) groups is 1. The molecule has 0 atom stereocenters. The Labute approximate surface area is 114 Å². The first kappa shape index (κ1) is 13.6. The monoisotopic (exact) mass is 282 g/mol. The zero-order valence-electron chi connectivity index (χ0n) is 10.7. The number of ether oxygens (including phenoxy) is 2. The smallest absolute Gasteiger partial charge is 0.360 e. The Kier molecular flexibility index (Phi) is 4.58. The maximum atomic E-state index is 11.6. The van der Waals surface area contributed by atoms with Crippen LogP contribution in [0.25, 0.3) is 0 Å². The predicted molar refractivity (Wildman–Crippen MR) is 68.2 cm³/mol. The van der Waals surface area contributed by atoms with Crippen LogP contribution < -0.4 is 0 Å². The Morgan fingerprint density at radius 3 is 2.95 bits per heavy atom. The molecule has 8 heteroatoms. The van der Waals surface area contributed by atoms with Gasteiger partial charge in [0.05, 0.1) is 31.5 Å². The summed E-state index contributed by atoms with van der Waals surface area (Å²) in [6.07, 6.45) is 2.32. The van der Waals surface area contributed by atoms with Crippen LogP contribution in [0, 0.1) is 0 Å². The molecular formula is C11H14N4O3S. The highest BCUT2D eigenvalue weighted by Crippen LogP contribution is 2.13. The lowest BCUT2D eigenvalue weighted by molar-refractivity contribution is 0.0592. The van der Waals surface area contributed by atoms with Crippen molar-refractivity contribution in [3.05, 3.63) is 28.0 Å². The minimum atomic E-state index is -0.485. The largest absolute Gasteiger partial charge is 0.464 e. The van der Waals surface area contributed by atoms with Crippen molar-refractivity contribution in [1.82, 2.24) is 20.0 Å². The molecule has 2 heterocycles. The summed E-state index contributed by atoms with van der Waals surface area (Å²) in [6, 6.07) is 0. The number of aromatic nitrogens is 4. The third kappa shape index (κ3) is 3.15. The van der Waals surface area contributed by atoms with Crippen molar-refractivity contribution < 1.29 is 14.3 Å². The van der Waals surface area contributed by atoms with Crippen molar-refractivity contribution in [2.45, 2.75) is 13.0 Å². The second-order valence-corrected chi connectivity index (χ2v) is 4.72. The predicted octanol–water partition coefficient (Wildman–Crippen LogP) is 0.758. The Hall–Kier alpha value is -1.80. The molecule has 19 heavy (non-hydrogen) atoms. The molecule has 0 saturated heterocycles. The lowest BCUT2D eigenvalue weighted by atomic mass is 10.2. The Morgan fingerprint density at radius 1 is 1.47 bits per heavy atom. The molecule has 7 nitrogen and oxygen atoms in total. The van der Waals surface area contributed by atoms with Gasteiger partial charge in [-0.05, 0) is 0 Å². The third-order valence-electron chi connectivity index (χ3n) is 2.55. The van der Waals surface area contributed by atoms with Crippen LogP contribution in [0.4, 0.5) is 0 Å². The van der Waals surface area contributed by atoms with Crippen LogP contribution in [-0.4, -0.2) is 46.8 Å². The molecule has 0 aliphatic carbocycles. The molecule has 0 unspecified atom stereocenters. The zero-order valence-corrected chi connectivity index (χ0v) is 11.5. The van der Waals surface area contributed by atoms with Crippen LogP contribution >= 0.6 is 11.3 Å². The average Bonchev–Trinajstić information content (AvgIpc) is 3.06. The number of hydrogen-bond acceptors (Lipinski definition) is 7. The van der Waals surface area contributed by atoms with Gasteiger partial charge in [-0.1, -0.05) is 5.21 Å². The van der Waals surface area contributed by atoms with Gasteiger partial charge in [0.25, 0.3) is 0 Å². The van der Waals surface area contributed by atoms with Crippen molar-refractivity contribution in [3.63, 3.8) is 0 Å². The number of nitrogens with zero attached hydrogens (tertiary/aromatic N) is 4. The van der Waals surface area contributed by atoms with E-state index in [9.17, 15) is 4.79 Å². The maximum Gasteiger partial charge on any atom is 0.360 e. The number of hydrogen-bond donors (Lipinski definition) is 0. The van der Waals surface area contributed by atoms with E-state index < -0.39 is 5.97 Å². The molecule has 0 fully saturated rings. The van der Waals surface area contributed by atoms with E-state index in [1.807, 2.05) is 0 Å². The molecule has 2 aromatic rings. The number of thiazole rings is 1. The minimum Gasteiger partial charge on any atom is -0.464 e. The second kappa shape index (κ2) is 6.39. The first-order chi connectivity index (χ1) is 9.26. The standard InChI is InChI=1S/C11H14N4O3S/c1-17-4-3-9-10(11(16)18-2)13-14-15(9)6-8-5-12-7-19-8/h5,7H,3-4,6H2,1-2H3. The molecular weight excluding hydrogens is 268 g/mol. The highest BCUT2D eigenvalue weighted by Gasteiger charge is 2.20. The molecule has 0 radical (unpaired) electrons. The molecule has 2 aromatic heterocycles. The molecule has 0 saturated carbocycles. The lowest BCUT2D eigenvalue weighted by Crippen LogP contribution is -2.12. The quantitative estimate of drug-likeness (QED) is 0.728. The first-order valence-corrected chi connectivity index (χ1v) is 6.51. The van der Waals surface area contributed by atoms with Gasteiger partial charge >= 0.3 is 5.97 Å². The van der Waals surface area contributed by atoms with Gasteiger partial charge in [-0.25, -0.2) is 9.48 Å². The van der Waals surface area contributed by atoms with Crippen molar-refractivity contribution in [1.29, 1.82) is 0 Å². The van der Waals surface area contributed by atoms with Gasteiger partial charge in [-0.15, -0.1) is 16.4 Å². The summed E-state index contributed by atoms with van der Waals surface area (Å²) in [5.41, 5.74) is 2.70. The van der Waals surface area contributed by atoms with Crippen molar-refractivity contribution >= 4 is 17.3 Å². The molecule has 0 bridgehead atoms. The van der Waals surface area contributed by atoms with E-state index in [0.29, 0.717) is 25.3 Å². The summed E-state index contributed by atoms with van der Waals surface area (Å²) in [7, 11) is 2.93. The van der Waals surface area contributed by atoms with Crippen LogP contribution in [0.5, 0.6) is 0 Å². The van der Waals surface area contributed by atoms with Gasteiger partial charge in [-0.3, -0.25) is 4.98 Å². The molecule has 0 aliphatic rings. The SMILES string of the molecule is COCCc1c(C(=O)OC)nnn1Cc1cncs1. The number of esters is 1. The van der Waals surface area contributed by atoms with Crippen LogP contribution in [-0.2, 0) is 22.4 Å². The van der Waals surface area contributed by atoms with E-state index >= 15 is 0 Å². The highest BCUT2D eigenvalue weighted by molar-refractivity contribution is 7.09. The van der Waals surface area contributed by atoms with Crippen molar-refractivity contribution in [2.24, 2.45) is 0 Å². The summed E-state index contributed by atoms with van der Waals surface area (Å²) in [4.78, 5) is 16.7. The number of methoxy groups -OCH3 is 2. The summed E-state index contributed by atoms with van der Waals surface area (Å²) < 4.78 is 11.4. The van der Waals surface area contributed by atoms with Gasteiger partial charge in [0.1, 0.15) is 0 Å². The zero-order chi connectivity index (χ0) is 13.7. The lowest BCUT2D eigenvalue weighted by Gasteiger charge is -2.05. The topological polar surface area (TPSA) is 79.1 Å². The molecule has 0 aromatic carbocycles. The molecule has 0 amide bonds. The van der Waals surface area contributed by atoms with Gasteiger partial charge < -0.3 is 9.47 Å². The van der Waals surface area contributed by atoms with Gasteiger partial charge in [-0.2, -0.15) is 0 Å². The number of rotatable bonds is 6. The molecule has 0 N–H and O–H groups in total. The van der Waals surface area contributed by atoms with E-state index in [1.54, 1.807) is 23.5 Å². The van der Waals surface area contributed by atoms with Crippen LogP contribution in [0.3, 0.4) is 0 Å². The molecule has 102 valence electrons. The van der Waals surface area contributed by atoms with Crippen LogP contribution in [0.2, 0.25) is 0 Å². The van der Waals surface area contributed by atoms with E-state index in [-0.39, 0.29) is 5.69 Å². The van der Waals surface area contributed by atoms with E-state index in [1.165, 1.54) is 18.4 Å². The number of carbonyl (C=O) groups excluding carboxylic acids is 1. The van der Waals surface area contributed by atoms with Gasteiger partial charge in [0.2, 0.25) is 0 Å². The average molecular weight is 282 g/mol. The van der Waals surface area contributed by atoms with Gasteiger partial charge in [0, 0.05) is 24.6 Å². The third-order valence-corrected chi connectivity index (χ3v) is 3.31. The molecule has 0 aliphatic heterocycles. The Bertz CT molecular complexity index is 538. The van der Waals surface area contributed by atoms with E-state index in [0.717, 1.165) is 4.88 Å². The van der Waals surface area contributed by atoms with E-state index in [2.05, 4.69) is 15.3 Å². The van der Waals surface area contributed by atoms with Crippen molar-refractivity contribution in [2.75, 3.05) is 20.8 Å². The Morgan fingerprint density at radius 2 is 2.32 bits per heavy atom. The summed E-state index contributed by atoms with van der Waals surface area (Å²) in [5.74, 6) is -0.485. The van der Waals surface area contributed by atoms with Crippen molar-refractivity contribution in [3.8, 4) is 0 Å². The van der Waals surface area contributed by atoms with Crippen LogP contribution in [0.1, 0.15) is 21.1 Å². The van der Waals surface area contributed by atoms with E-state index in [4.69, 9.17) is 9.47 Å². The normalized spacial score (nSPS) is 10.6. The highest BCUT2D eigenvalue weighted by atomic mass is 32.1. The fourth-order valence-corrected chi connectivity index (χ4v) is 2.20. The maximum absolute atomic E-state index is 11.6. The fourth-order valence-electron chi connectivity index (χ4n) is 1.63. The summed E-state index contributed by atoms with van der Waals surface area (Å²) >= 11 is 1.53. The Balaban J connectivity index is 2.26. The molecule has 0 spiro atoms. The van der Waals surface area contributed by atoms with Gasteiger partial charge in [0.15, 0.2) is 5.69 Å². The second-order valence-electron chi connectivity index (χ2n) is 3.74. The van der Waals surface area contributed by atoms with Crippen LogP contribution in [0.15, 0.2) is 11.7 Å². The first-order valence-electron chi connectivity index (χ1n) is 5.63. The minimum absolute atomic E-state index is 0.240. The summed E-state index contributed by atoms with van der Waals surface area (Å²) in [5, 5.41) is 7.89. The molecule has 2 rings (SSSR count). The summed E-state index contributed by atoms with van der Waals surface area (Å²) in [6.45, 7) is 1.02.